The number of hydrogen-bond acceptors (Lipinski definition) is 0. The molecule has 2 aliphatic rings. The Morgan fingerprint density at radius 1 is 1.25 bits per heavy atom. The summed E-state index contributed by atoms with van der Waals surface area (Å²) in [7, 11) is 15.0. The van der Waals surface area contributed by atoms with Gasteiger partial charge in [0.15, 0.2) is 0 Å². The van der Waals surface area contributed by atoms with Crippen LogP contribution < -0.4 is 0 Å². The average Bonchev–Trinajstić information content (AvgIpc) is 2.30. The summed E-state index contributed by atoms with van der Waals surface area (Å²) in [5, 5.41) is 0. The number of rotatable bonds is 0. The van der Waals surface area contributed by atoms with E-state index >= 15 is 0 Å². The molecule has 0 amide bonds. The van der Waals surface area contributed by atoms with Crippen molar-refractivity contribution in [3.63, 3.8) is 0 Å². The van der Waals surface area contributed by atoms with Gasteiger partial charge >= 0.3 is 43.7 Å². The van der Waals surface area contributed by atoms with E-state index in [-0.39, 0.29) is 0 Å². The van der Waals surface area contributed by atoms with Gasteiger partial charge in [0.05, 0.1) is 0 Å². The van der Waals surface area contributed by atoms with Crippen molar-refractivity contribution in [3.8, 4) is 0 Å². The van der Waals surface area contributed by atoms with Crippen molar-refractivity contribution in [2.24, 2.45) is 5.92 Å². The minimum absolute atomic E-state index is 0.856. The Bertz CT molecular complexity index is 184. The SMILES string of the molecule is C1=C[C-]2C=CC(C1)C2.[Cl][Zr]([Cl])[Cl]. The van der Waals surface area contributed by atoms with Crippen LogP contribution in [0.15, 0.2) is 24.3 Å². The maximum absolute atomic E-state index is 5.00. The van der Waals surface area contributed by atoms with Crippen LogP contribution >= 0.6 is 25.5 Å². The summed E-state index contributed by atoms with van der Waals surface area (Å²) in [5.41, 5.74) is 0. The molecule has 0 N–H and O–H groups in total. The van der Waals surface area contributed by atoms with Gasteiger partial charge in [-0.15, -0.1) is 0 Å². The summed E-state index contributed by atoms with van der Waals surface area (Å²) >= 11 is -2.13. The number of allylic oxidation sites excluding steroid dienone is 4. The Morgan fingerprint density at radius 3 is 2.42 bits per heavy atom. The molecule has 0 aliphatic heterocycles. The number of fused-ring (bicyclic) bond motifs is 2. The first-order chi connectivity index (χ1) is 5.68. The molecule has 1 atom stereocenters. The zero-order valence-electron chi connectivity index (χ0n) is 6.43. The van der Waals surface area contributed by atoms with E-state index in [2.05, 4.69) is 24.3 Å². The molecular formula is C8H9Cl3Zr-. The Morgan fingerprint density at radius 2 is 1.92 bits per heavy atom. The van der Waals surface area contributed by atoms with E-state index in [9.17, 15) is 0 Å². The van der Waals surface area contributed by atoms with Gasteiger partial charge in [-0.25, -0.2) is 0 Å². The Kier molecular flexibility index (Phi) is 5.36. The monoisotopic (exact) mass is 300 g/mol. The van der Waals surface area contributed by atoms with Crippen LogP contribution in [-0.4, -0.2) is 0 Å². The quantitative estimate of drug-likeness (QED) is 0.589. The normalized spacial score (nSPS) is 23.6. The van der Waals surface area contributed by atoms with Gasteiger partial charge in [0.25, 0.3) is 0 Å². The van der Waals surface area contributed by atoms with Crippen LogP contribution in [0.25, 0.3) is 0 Å². The third kappa shape index (κ3) is 4.37. The summed E-state index contributed by atoms with van der Waals surface area (Å²) in [5.74, 6) is 2.37. The molecule has 2 rings (SSSR count). The molecule has 67 valence electrons. The molecule has 0 radical (unpaired) electrons. The molecule has 2 bridgehead atoms. The van der Waals surface area contributed by atoms with Crippen LogP contribution in [0.2, 0.25) is 0 Å². The molecule has 4 heteroatoms. The van der Waals surface area contributed by atoms with Crippen molar-refractivity contribution < 1.29 is 18.2 Å². The van der Waals surface area contributed by atoms with Crippen LogP contribution in [0, 0.1) is 11.8 Å². The predicted octanol–water partition coefficient (Wildman–Crippen LogP) is 4.16. The van der Waals surface area contributed by atoms with E-state index in [4.69, 9.17) is 25.5 Å². The Hall–Kier alpha value is 1.10. The molecule has 0 aromatic rings. The first-order valence-electron chi connectivity index (χ1n) is 3.72. The third-order valence-electron chi connectivity index (χ3n) is 1.85. The van der Waals surface area contributed by atoms with Gasteiger partial charge in [0.1, 0.15) is 0 Å². The second-order valence-corrected chi connectivity index (χ2v) is 13.9. The molecule has 0 spiro atoms. The van der Waals surface area contributed by atoms with Crippen molar-refractivity contribution in [2.75, 3.05) is 0 Å². The topological polar surface area (TPSA) is 0 Å². The summed E-state index contributed by atoms with van der Waals surface area (Å²) < 4.78 is 0. The summed E-state index contributed by atoms with van der Waals surface area (Å²) in [6, 6.07) is 0. The van der Waals surface area contributed by atoms with Crippen LogP contribution in [0.1, 0.15) is 12.8 Å². The van der Waals surface area contributed by atoms with E-state index in [1.807, 2.05) is 0 Å². The maximum atomic E-state index is 5.00. The Balaban J connectivity index is 0.000000157. The van der Waals surface area contributed by atoms with Gasteiger partial charge in [-0.1, -0.05) is 18.8 Å². The standard InChI is InChI=1S/C8H9.3ClH.Zr/c1-2-7-4-5-8(3-1)6-7;;;;/h1-2,4-5,8H,3,6H2;3*1H;/q-1;;;;+3/p-3. The van der Waals surface area contributed by atoms with Gasteiger partial charge in [-0.3, -0.25) is 0 Å². The van der Waals surface area contributed by atoms with E-state index in [1.165, 1.54) is 18.8 Å². The molecule has 0 aromatic heterocycles. The molecule has 2 aliphatic carbocycles. The summed E-state index contributed by atoms with van der Waals surface area (Å²) in [4.78, 5) is 0. The van der Waals surface area contributed by atoms with E-state index in [0.29, 0.717) is 0 Å². The minimum atomic E-state index is -2.13. The second kappa shape index (κ2) is 5.75. The summed E-state index contributed by atoms with van der Waals surface area (Å²) in [6.07, 6.45) is 11.6. The molecule has 0 saturated heterocycles. The fourth-order valence-corrected chi connectivity index (χ4v) is 1.38. The second-order valence-electron chi connectivity index (χ2n) is 2.75. The fraction of sp³-hybridized carbons (Fsp3) is 0.375. The van der Waals surface area contributed by atoms with Crippen LogP contribution in [-0.2, 0) is 18.2 Å². The first kappa shape index (κ1) is 11.2. The van der Waals surface area contributed by atoms with Crippen molar-refractivity contribution >= 4 is 25.5 Å². The van der Waals surface area contributed by atoms with Gasteiger partial charge < -0.3 is 0 Å². The van der Waals surface area contributed by atoms with Crippen LogP contribution in [0.3, 0.4) is 0 Å². The van der Waals surface area contributed by atoms with Gasteiger partial charge in [0, 0.05) is 0 Å². The van der Waals surface area contributed by atoms with Gasteiger partial charge in [-0.2, -0.15) is 30.2 Å². The number of hydrogen-bond donors (Lipinski definition) is 0. The summed E-state index contributed by atoms with van der Waals surface area (Å²) in [6.45, 7) is 0. The zero-order valence-corrected chi connectivity index (χ0v) is 11.2. The molecule has 0 fully saturated rings. The third-order valence-corrected chi connectivity index (χ3v) is 1.85. The van der Waals surface area contributed by atoms with Crippen molar-refractivity contribution in [1.82, 2.24) is 0 Å². The molecular weight excluding hydrogens is 294 g/mol. The molecule has 0 heterocycles. The molecule has 12 heavy (non-hydrogen) atoms. The molecule has 1 unspecified atom stereocenters. The van der Waals surface area contributed by atoms with Crippen LogP contribution in [0.4, 0.5) is 0 Å². The first-order valence-corrected chi connectivity index (χ1v) is 13.2. The van der Waals surface area contributed by atoms with Gasteiger partial charge in [-0.05, 0) is 0 Å². The van der Waals surface area contributed by atoms with Crippen LogP contribution in [0.5, 0.6) is 0 Å². The fourth-order valence-electron chi connectivity index (χ4n) is 1.38. The number of halogens is 3. The van der Waals surface area contributed by atoms with Crippen molar-refractivity contribution in [1.29, 1.82) is 0 Å². The average molecular weight is 303 g/mol. The molecule has 0 nitrogen and oxygen atoms in total. The van der Waals surface area contributed by atoms with Gasteiger partial charge in [0.2, 0.25) is 0 Å². The van der Waals surface area contributed by atoms with E-state index < -0.39 is 18.2 Å². The van der Waals surface area contributed by atoms with E-state index in [0.717, 1.165) is 5.92 Å². The van der Waals surface area contributed by atoms with Crippen molar-refractivity contribution in [3.05, 3.63) is 30.2 Å². The molecule has 0 saturated carbocycles. The molecule has 0 aromatic carbocycles. The zero-order chi connectivity index (χ0) is 8.97. The van der Waals surface area contributed by atoms with E-state index in [1.54, 1.807) is 0 Å². The predicted molar refractivity (Wildman–Crippen MR) is 51.8 cm³/mol. The Labute approximate surface area is 91.9 Å². The van der Waals surface area contributed by atoms with Crippen molar-refractivity contribution in [2.45, 2.75) is 12.8 Å².